The maximum Gasteiger partial charge on any atom is 0.475 e. The molecule has 0 spiro atoms. The zero-order valence-corrected chi connectivity index (χ0v) is 79.4. The monoisotopic (exact) mass is 1860 g/mol. The number of ether oxygens (including phenoxy) is 4. The minimum atomic E-state index is -5.49. The van der Waals surface area contributed by atoms with Gasteiger partial charge < -0.3 is 18.9 Å². The molecule has 26 heteroatoms. The molecule has 8 atom stereocenters. The molecule has 1 saturated carbocycles. The number of phosphoric acid groups is 4. The van der Waals surface area contributed by atoms with E-state index in [0.29, 0.717) is 62.9 Å². The quantitative estimate of drug-likeness (QED) is 0.0195. The van der Waals surface area contributed by atoms with Crippen LogP contribution in [-0.4, -0.2) is 67.9 Å². The Bertz CT molecular complexity index is 4390. The minimum Gasteiger partial charge on any atom is -0.462 e. The average Bonchev–Trinajstić information content (AvgIpc) is 0.739. The van der Waals surface area contributed by atoms with E-state index in [4.69, 9.17) is 73.2 Å². The molecule has 704 valence electrons. The van der Waals surface area contributed by atoms with Gasteiger partial charge in [0.15, 0.2) is 6.10 Å². The lowest BCUT2D eigenvalue weighted by atomic mass is 9.84. The van der Waals surface area contributed by atoms with Crippen LogP contribution in [0.3, 0.4) is 0 Å². The smallest absolute Gasteiger partial charge is 0.462 e. The molecule has 3 unspecified atom stereocenters. The summed E-state index contributed by atoms with van der Waals surface area (Å²) in [7, 11) is -21.4. The molecule has 1 aliphatic rings. The molecule has 0 aromatic heterocycles. The van der Waals surface area contributed by atoms with Crippen LogP contribution in [0.5, 0.6) is 0 Å². The van der Waals surface area contributed by atoms with E-state index in [1.54, 1.807) is 224 Å². The van der Waals surface area contributed by atoms with E-state index in [1.165, 1.54) is 96.3 Å². The highest BCUT2D eigenvalue weighted by atomic mass is 31.2. The zero-order valence-electron chi connectivity index (χ0n) is 75.9. The van der Waals surface area contributed by atoms with Gasteiger partial charge in [-0.2, -0.15) is 0 Å². The first kappa shape index (κ1) is 104. The van der Waals surface area contributed by atoms with Gasteiger partial charge in [-0.25, -0.2) is 18.3 Å². The fraction of sp³-hybridized carbons (Fsp3) is 0.462. The van der Waals surface area contributed by atoms with Crippen molar-refractivity contribution in [2.24, 2.45) is 0 Å². The fourth-order valence-electron chi connectivity index (χ4n) is 15.0. The number of benzene rings is 9. The molecular formula is C104H136O22P4. The number of hydrogen-bond donors (Lipinski definition) is 0. The highest BCUT2D eigenvalue weighted by molar-refractivity contribution is 7.49. The second-order valence-electron chi connectivity index (χ2n) is 33.0. The molecule has 0 saturated heterocycles. The molecule has 1 fully saturated rings. The van der Waals surface area contributed by atoms with Crippen molar-refractivity contribution in [3.05, 3.63) is 323 Å². The standard InChI is InChI=1S/C104H136O22P4/c1-3-5-7-9-11-13-15-17-19-21-23-25-54-74-97(105)111-85-96(122-98(106)75-55-26-24-22-20-18-16-14-12-10-8-6-4-2)86-121-130(110,120-84-95-72-52-35-53-73-95)123-101-99(112-76-87-56-36-27-37-57-87)102(124-127(107,114-78-89-60-40-29-41-61-89)115-79-90-62-42-30-43-63-90)104(126-129(109,118-82-93-68-48-33-49-69-93)119-83-94-70-50-34-51-71-94)103(100(101)113-77-88-58-38-28-39-59-88)125-128(108,116-80-91-64-44-31-45-65-91)117-81-92-66-46-32-47-67-92/h27-53,56-73,96,99-104H,3-26,54-55,74-86H2,1-2H3/t96-,99+,100+,101?,102-,103+,104?,130?/m1/s1. The summed E-state index contributed by atoms with van der Waals surface area (Å²) in [5, 5.41) is 0. The second kappa shape index (κ2) is 60.5. The lowest BCUT2D eigenvalue weighted by Gasteiger charge is -2.50. The number of rotatable bonds is 69. The molecule has 0 radical (unpaired) electrons. The van der Waals surface area contributed by atoms with E-state index in [1.807, 2.05) is 48.5 Å². The van der Waals surface area contributed by atoms with E-state index in [0.717, 1.165) is 57.8 Å². The van der Waals surface area contributed by atoms with Crippen LogP contribution in [0.15, 0.2) is 273 Å². The van der Waals surface area contributed by atoms with Gasteiger partial charge in [0.1, 0.15) is 43.2 Å². The van der Waals surface area contributed by atoms with Gasteiger partial charge in [0.25, 0.3) is 0 Å². The van der Waals surface area contributed by atoms with Crippen LogP contribution >= 0.6 is 31.3 Å². The number of carbonyl (C=O) groups excluding carboxylic acids is 2. The minimum absolute atomic E-state index is 0.0122. The average molecular weight is 1860 g/mol. The Hall–Kier alpha value is -7.72. The summed E-state index contributed by atoms with van der Waals surface area (Å²) in [5.41, 5.74) is 4.76. The maximum absolute atomic E-state index is 17.3. The molecule has 0 heterocycles. The molecule has 22 nitrogen and oxygen atoms in total. The summed E-state index contributed by atoms with van der Waals surface area (Å²) in [6, 6.07) is 79.8. The van der Waals surface area contributed by atoms with E-state index < -0.39 is 145 Å². The number of hydrogen-bond acceptors (Lipinski definition) is 22. The van der Waals surface area contributed by atoms with Gasteiger partial charge in [-0.15, -0.1) is 0 Å². The summed E-state index contributed by atoms with van der Waals surface area (Å²) in [4.78, 5) is 28.5. The Morgan fingerprint density at radius 2 is 0.423 bits per heavy atom. The van der Waals surface area contributed by atoms with Gasteiger partial charge in [-0.05, 0) is 62.9 Å². The van der Waals surface area contributed by atoms with Gasteiger partial charge in [0.05, 0.1) is 66.1 Å². The van der Waals surface area contributed by atoms with Crippen molar-refractivity contribution in [3.8, 4) is 0 Å². The predicted molar refractivity (Wildman–Crippen MR) is 506 cm³/mol. The Balaban J connectivity index is 1.11. The Labute approximate surface area is 771 Å². The maximum atomic E-state index is 17.3. The Morgan fingerprint density at radius 1 is 0.231 bits per heavy atom. The van der Waals surface area contributed by atoms with Crippen molar-refractivity contribution in [2.75, 3.05) is 13.2 Å². The van der Waals surface area contributed by atoms with Crippen molar-refractivity contribution in [1.82, 2.24) is 0 Å². The van der Waals surface area contributed by atoms with Crippen LogP contribution in [-0.2, 0) is 161 Å². The van der Waals surface area contributed by atoms with Crippen molar-refractivity contribution < 1.29 is 101 Å². The van der Waals surface area contributed by atoms with Crippen molar-refractivity contribution in [2.45, 2.75) is 296 Å². The highest BCUT2D eigenvalue weighted by Gasteiger charge is 2.63. The van der Waals surface area contributed by atoms with E-state index in [2.05, 4.69) is 13.8 Å². The topological polar surface area (TPSA) is 250 Å². The number of carbonyl (C=O) groups is 2. The number of esters is 2. The van der Waals surface area contributed by atoms with Gasteiger partial charge in [0.2, 0.25) is 0 Å². The van der Waals surface area contributed by atoms with Gasteiger partial charge in [0, 0.05) is 12.8 Å². The largest absolute Gasteiger partial charge is 0.475 e. The molecule has 1 aliphatic carbocycles. The zero-order chi connectivity index (χ0) is 91.1. The van der Waals surface area contributed by atoms with Crippen molar-refractivity contribution in [3.63, 3.8) is 0 Å². The molecule has 9 aromatic carbocycles. The van der Waals surface area contributed by atoms with Crippen LogP contribution in [0.2, 0.25) is 0 Å². The summed E-state index contributed by atoms with van der Waals surface area (Å²) >= 11 is 0. The molecular weight excluding hydrogens is 1730 g/mol. The number of unbranched alkanes of at least 4 members (excludes halogenated alkanes) is 24. The third-order valence-electron chi connectivity index (χ3n) is 22.3. The molecule has 0 N–H and O–H groups in total. The van der Waals surface area contributed by atoms with Crippen molar-refractivity contribution in [1.29, 1.82) is 0 Å². The highest BCUT2D eigenvalue weighted by Crippen LogP contribution is 2.63. The molecule has 9 aromatic rings. The second-order valence-corrected chi connectivity index (χ2v) is 39.5. The first-order chi connectivity index (χ1) is 63.6. The fourth-order valence-corrected chi connectivity index (χ4v) is 20.4. The van der Waals surface area contributed by atoms with Gasteiger partial charge in [-0.1, -0.05) is 441 Å². The predicted octanol–water partition coefficient (Wildman–Crippen LogP) is 28.1. The van der Waals surface area contributed by atoms with Gasteiger partial charge in [-0.3, -0.25) is 63.9 Å². The first-order valence-electron chi connectivity index (χ1n) is 46.9. The van der Waals surface area contributed by atoms with E-state index in [9.17, 15) is 9.59 Å². The van der Waals surface area contributed by atoms with Crippen molar-refractivity contribution >= 4 is 43.2 Å². The molecule has 10 rings (SSSR count). The van der Waals surface area contributed by atoms with E-state index >= 15 is 18.3 Å². The molecule has 0 bridgehead atoms. The molecule has 0 aliphatic heterocycles. The van der Waals surface area contributed by atoms with E-state index in [-0.39, 0.29) is 26.1 Å². The third-order valence-corrected chi connectivity index (χ3v) is 27.8. The summed E-state index contributed by atoms with van der Waals surface area (Å²) in [6.07, 6.45) is 14.8. The normalized spacial score (nSPS) is 16.7. The van der Waals surface area contributed by atoms with Crippen LogP contribution in [0, 0.1) is 0 Å². The molecule has 0 amide bonds. The summed E-state index contributed by atoms with van der Waals surface area (Å²) in [6.45, 7) is -0.479. The van der Waals surface area contributed by atoms with Crippen LogP contribution in [0.1, 0.15) is 244 Å². The SMILES string of the molecule is CCCCCCCCCCCCCCCC(=O)OC[C@H](COP(=O)(OCc1ccccc1)OC1[C@H](OCc2ccccc2)[C@H](OP(=O)(OCc2ccccc2)OCc2ccccc2)C(OP(=O)(OCc2ccccc2)OCc2ccccc2)[C@H](OP(=O)(OCc2ccccc2)OCc2ccccc2)[C@H]1OCc1ccccc1)OC(=O)CCCCCCCCCCCCCCC. The Kier molecular flexibility index (Phi) is 48.6. The van der Waals surface area contributed by atoms with Gasteiger partial charge >= 0.3 is 43.2 Å². The molecule has 130 heavy (non-hydrogen) atoms. The van der Waals surface area contributed by atoms with Crippen LogP contribution < -0.4 is 0 Å². The first-order valence-corrected chi connectivity index (χ1v) is 52.7. The Morgan fingerprint density at radius 3 is 0.662 bits per heavy atom. The lowest BCUT2D eigenvalue weighted by molar-refractivity contribution is -0.241. The van der Waals surface area contributed by atoms with Crippen LogP contribution in [0.4, 0.5) is 0 Å². The summed E-state index contributed by atoms with van der Waals surface area (Å²) < 4.78 is 177. The number of phosphoric ester groups is 4. The summed E-state index contributed by atoms with van der Waals surface area (Å²) in [5.74, 6) is -1.16. The third kappa shape index (κ3) is 40.6. The lowest BCUT2D eigenvalue weighted by Crippen LogP contribution is -2.67. The van der Waals surface area contributed by atoms with Crippen LogP contribution in [0.25, 0.3) is 0 Å².